The van der Waals surface area contributed by atoms with E-state index >= 15 is 0 Å². The third-order valence-corrected chi connectivity index (χ3v) is 15.1. The molecule has 0 saturated carbocycles. The van der Waals surface area contributed by atoms with Crippen LogP contribution in [0.3, 0.4) is 0 Å². The Morgan fingerprint density at radius 2 is 0.574 bits per heavy atom. The third kappa shape index (κ3) is 75.1. The summed E-state index contributed by atoms with van der Waals surface area (Å²) in [7, 11) is 1.11. The highest BCUT2D eigenvalue weighted by molar-refractivity contribution is 7.45. The number of ether oxygens (including phenoxy) is 2. The average molecular weight is 1310 g/mol. The molecule has 0 rings (SSSR count). The fourth-order valence-electron chi connectivity index (χ4n) is 8.73. The van der Waals surface area contributed by atoms with Crippen molar-refractivity contribution >= 4 is 19.8 Å². The molecule has 0 aliphatic heterocycles. The van der Waals surface area contributed by atoms with Gasteiger partial charge in [-0.15, -0.1) is 0 Å². The summed E-state index contributed by atoms with van der Waals surface area (Å²) in [5.74, 6) is -0.892. The molecule has 0 aliphatic carbocycles. The van der Waals surface area contributed by atoms with Gasteiger partial charge in [-0.05, 0) is 161 Å². The molecule has 0 aromatic rings. The Balaban J connectivity index is 4.23. The second-order valence-electron chi connectivity index (χ2n) is 24.1. The van der Waals surface area contributed by atoms with Gasteiger partial charge in [0.05, 0.1) is 27.7 Å². The van der Waals surface area contributed by atoms with Crippen LogP contribution in [0.5, 0.6) is 0 Å². The van der Waals surface area contributed by atoms with Crippen LogP contribution in [-0.2, 0) is 32.7 Å². The van der Waals surface area contributed by atoms with Crippen molar-refractivity contribution in [2.24, 2.45) is 0 Å². The number of phosphoric acid groups is 1. The number of hydrogen-bond donors (Lipinski definition) is 0. The zero-order valence-corrected chi connectivity index (χ0v) is 60.4. The second kappa shape index (κ2) is 71.4. The molecular weight excluding hydrogens is 1180 g/mol. The smallest absolute Gasteiger partial charge is 0.306 e. The molecule has 0 heterocycles. The van der Waals surface area contributed by atoms with Crippen LogP contribution < -0.4 is 4.89 Å². The number of carbonyl (C=O) groups is 2. The number of rotatable bonds is 63. The first-order valence-electron chi connectivity index (χ1n) is 36.1. The maximum absolute atomic E-state index is 12.9. The van der Waals surface area contributed by atoms with Gasteiger partial charge in [-0.1, -0.05) is 290 Å². The Bertz CT molecular complexity index is 2440. The van der Waals surface area contributed by atoms with E-state index in [1.807, 2.05) is 21.1 Å². The number of esters is 2. The predicted molar refractivity (Wildman–Crippen MR) is 405 cm³/mol. The van der Waals surface area contributed by atoms with Gasteiger partial charge in [-0.25, -0.2) is 0 Å². The van der Waals surface area contributed by atoms with Crippen LogP contribution in [0.15, 0.2) is 231 Å². The number of quaternary nitrogens is 1. The van der Waals surface area contributed by atoms with Crippen LogP contribution in [-0.4, -0.2) is 70.0 Å². The predicted octanol–water partition coefficient (Wildman–Crippen LogP) is 23.5. The number of carbonyl (C=O) groups excluding carboxylic acids is 2. The van der Waals surface area contributed by atoms with E-state index in [1.165, 1.54) is 0 Å². The Morgan fingerprint density at radius 1 is 0.330 bits per heavy atom. The molecule has 0 amide bonds. The molecule has 0 N–H and O–H groups in total. The SMILES string of the molecule is CC/C=C\C/C=C\C/C=C\C/C=C\C/C=C\C/C=C\C/C=C\C/C=C\C/C=C\C/C=C\C/C=C\CCCCCCCC(=O)OC(COC(=O)CCCCCCCC/C=C\C/C=C\C/C=C\C/C=C\C/C=C\C/C=C\C/C=C\C/C=C\CC)COP(=O)([O-])OCC[N+](C)(C)C. The Morgan fingerprint density at radius 3 is 0.851 bits per heavy atom. The highest BCUT2D eigenvalue weighted by Gasteiger charge is 2.22. The van der Waals surface area contributed by atoms with Crippen LogP contribution in [0.1, 0.15) is 232 Å². The molecule has 0 radical (unpaired) electrons. The van der Waals surface area contributed by atoms with E-state index in [4.69, 9.17) is 18.5 Å². The molecule has 9 nitrogen and oxygen atoms in total. The molecule has 2 unspecified atom stereocenters. The Labute approximate surface area is 575 Å². The van der Waals surface area contributed by atoms with Gasteiger partial charge in [0, 0.05) is 12.8 Å². The van der Waals surface area contributed by atoms with Crippen molar-refractivity contribution in [3.8, 4) is 0 Å². The van der Waals surface area contributed by atoms with Crippen LogP contribution in [0.25, 0.3) is 0 Å². The second-order valence-corrected chi connectivity index (χ2v) is 25.5. The van der Waals surface area contributed by atoms with Crippen LogP contribution in [0.2, 0.25) is 0 Å². The van der Waals surface area contributed by atoms with Gasteiger partial charge < -0.3 is 27.9 Å². The van der Waals surface area contributed by atoms with Crippen molar-refractivity contribution in [2.45, 2.75) is 238 Å². The highest BCUT2D eigenvalue weighted by atomic mass is 31.2. The van der Waals surface area contributed by atoms with Crippen molar-refractivity contribution in [2.75, 3.05) is 47.5 Å². The van der Waals surface area contributed by atoms with E-state index in [0.717, 1.165) is 193 Å². The monoisotopic (exact) mass is 1310 g/mol. The molecule has 0 aromatic carbocycles. The minimum absolute atomic E-state index is 0.0513. The van der Waals surface area contributed by atoms with E-state index in [-0.39, 0.29) is 26.1 Å². The zero-order valence-electron chi connectivity index (χ0n) is 59.5. The minimum atomic E-state index is -4.67. The van der Waals surface area contributed by atoms with Gasteiger partial charge >= 0.3 is 11.9 Å². The van der Waals surface area contributed by atoms with Gasteiger partial charge in [0.2, 0.25) is 0 Å². The lowest BCUT2D eigenvalue weighted by molar-refractivity contribution is -0.870. The van der Waals surface area contributed by atoms with E-state index in [0.29, 0.717) is 23.9 Å². The molecule has 0 fully saturated rings. The number of unbranched alkanes of at least 4 members (excludes halogenated alkanes) is 11. The lowest BCUT2D eigenvalue weighted by Gasteiger charge is -2.28. The number of nitrogens with zero attached hydrogens (tertiary/aromatic N) is 1. The number of allylic oxidation sites excluding steroid dienone is 38. The maximum atomic E-state index is 12.9. The summed E-state index contributed by atoms with van der Waals surface area (Å²) < 4.78 is 34.3. The van der Waals surface area contributed by atoms with Crippen molar-refractivity contribution in [3.63, 3.8) is 0 Å². The fraction of sp³-hybridized carbons (Fsp3) is 0.524. The first kappa shape index (κ1) is 88.1. The number of likely N-dealkylation sites (N-methyl/N-ethyl adjacent to an activating group) is 1. The number of phosphoric ester groups is 1. The third-order valence-electron chi connectivity index (χ3n) is 14.2. The molecular formula is C84H130NO8P. The Kier molecular flexibility index (Phi) is 66.9. The first-order valence-corrected chi connectivity index (χ1v) is 37.6. The summed E-state index contributed by atoms with van der Waals surface area (Å²) in [6.45, 7) is 3.93. The summed E-state index contributed by atoms with van der Waals surface area (Å²) in [4.78, 5) is 38.1. The highest BCUT2D eigenvalue weighted by Crippen LogP contribution is 2.38. The number of hydrogen-bond acceptors (Lipinski definition) is 8. The molecule has 2 atom stereocenters. The summed E-state index contributed by atoms with van der Waals surface area (Å²) in [5.41, 5.74) is 0. The molecule has 94 heavy (non-hydrogen) atoms. The normalized spacial score (nSPS) is 14.5. The largest absolute Gasteiger partial charge is 0.756 e. The zero-order chi connectivity index (χ0) is 68.3. The minimum Gasteiger partial charge on any atom is -0.756 e. The van der Waals surface area contributed by atoms with Crippen LogP contribution in [0, 0.1) is 0 Å². The summed E-state index contributed by atoms with van der Waals surface area (Å²) >= 11 is 0. The standard InChI is InChI=1S/C84H130NO8P/c1-6-8-10-12-14-16-18-20-22-24-26-28-30-32-34-36-38-39-40-41-42-43-44-45-47-49-51-53-55-57-59-61-63-65-67-69-71-73-75-77-84(87)93-82(81-92-94(88,89)91-79-78-85(3,4)5)80-90-83(86)76-74-72-70-68-66-64-62-60-58-56-54-52-50-48-46-37-35-33-31-29-27-25-23-21-19-17-15-13-11-9-7-2/h8-11,14-17,20-23,26-29,32-35,38-39,41-42,44-46,48-49,51-52,54-55,57-58,60-61,63,82H,6-7,12-13,18-19,24-25,30-31,36-37,40,43,47,50,53,56,59,62,64-81H2,1-5H3/b10-8-,11-9-,16-14-,17-15-,22-20-,23-21-,28-26-,29-27-,34-32-,35-33-,39-38-,42-41-,45-44-,48-46-,51-49-,54-52-,57-55-,60-58-,63-61-. The van der Waals surface area contributed by atoms with Gasteiger partial charge in [-0.2, -0.15) is 0 Å². The van der Waals surface area contributed by atoms with Gasteiger partial charge in [0.25, 0.3) is 7.82 Å². The summed E-state index contributed by atoms with van der Waals surface area (Å²) in [5, 5.41) is 0. The lowest BCUT2D eigenvalue weighted by atomic mass is 10.1. The Hall–Kier alpha value is -5.93. The average Bonchev–Trinajstić information content (AvgIpc) is 1.56. The van der Waals surface area contributed by atoms with Crippen molar-refractivity contribution in [1.29, 1.82) is 0 Å². The van der Waals surface area contributed by atoms with E-state index < -0.39 is 32.5 Å². The molecule has 524 valence electrons. The molecule has 0 bridgehead atoms. The summed E-state index contributed by atoms with van der Waals surface area (Å²) in [6.07, 6.45) is 115. The van der Waals surface area contributed by atoms with Crippen molar-refractivity contribution in [3.05, 3.63) is 231 Å². The summed E-state index contributed by atoms with van der Waals surface area (Å²) in [6, 6.07) is 0. The molecule has 0 aromatic heterocycles. The van der Waals surface area contributed by atoms with E-state index in [2.05, 4.69) is 245 Å². The quantitative estimate of drug-likeness (QED) is 0.0195. The van der Waals surface area contributed by atoms with Gasteiger partial charge in [-0.3, -0.25) is 14.2 Å². The molecule has 0 saturated heterocycles. The van der Waals surface area contributed by atoms with E-state index in [1.54, 1.807) is 0 Å². The first-order chi connectivity index (χ1) is 46.0. The van der Waals surface area contributed by atoms with Crippen molar-refractivity contribution in [1.82, 2.24) is 0 Å². The lowest BCUT2D eigenvalue weighted by Crippen LogP contribution is -2.37. The fourth-order valence-corrected chi connectivity index (χ4v) is 9.46. The van der Waals surface area contributed by atoms with Crippen LogP contribution >= 0.6 is 7.82 Å². The van der Waals surface area contributed by atoms with E-state index in [9.17, 15) is 19.0 Å². The van der Waals surface area contributed by atoms with Crippen LogP contribution in [0.4, 0.5) is 0 Å². The molecule has 0 spiro atoms. The van der Waals surface area contributed by atoms with Gasteiger partial charge in [0.15, 0.2) is 6.10 Å². The maximum Gasteiger partial charge on any atom is 0.306 e. The molecule has 0 aliphatic rings. The van der Waals surface area contributed by atoms with Crippen molar-refractivity contribution < 1.29 is 42.1 Å². The molecule has 10 heteroatoms. The topological polar surface area (TPSA) is 111 Å². The van der Waals surface area contributed by atoms with Gasteiger partial charge in [0.1, 0.15) is 19.8 Å².